The number of anilines is 3. The van der Waals surface area contributed by atoms with Crippen molar-refractivity contribution >= 4 is 23.1 Å². The zero-order valence-electron chi connectivity index (χ0n) is 12.1. The summed E-state index contributed by atoms with van der Waals surface area (Å²) in [5, 5.41) is 0. The third kappa shape index (κ3) is 1.68. The summed E-state index contributed by atoms with van der Waals surface area (Å²) < 4.78 is 0. The van der Waals surface area contributed by atoms with Gasteiger partial charge in [-0.2, -0.15) is 0 Å². The predicted molar refractivity (Wildman–Crippen MR) is 80.9 cm³/mol. The minimum absolute atomic E-state index is 0.0122. The first-order chi connectivity index (χ1) is 9.50. The Labute approximate surface area is 118 Å². The van der Waals surface area contributed by atoms with Crippen molar-refractivity contribution in [2.45, 2.75) is 13.8 Å². The van der Waals surface area contributed by atoms with Gasteiger partial charge < -0.3 is 9.80 Å². The maximum Gasteiger partial charge on any atom is 0.262 e. The number of carbonyl (C=O) groups is 1. The number of aromatic nitrogens is 1. The fraction of sp³-hybridized carbons (Fsp3) is 0.250. The van der Waals surface area contributed by atoms with Gasteiger partial charge in [0.25, 0.3) is 5.91 Å². The van der Waals surface area contributed by atoms with Gasteiger partial charge in [0, 0.05) is 19.8 Å². The molecule has 1 aromatic carbocycles. The van der Waals surface area contributed by atoms with Gasteiger partial charge in [0.15, 0.2) is 0 Å². The Morgan fingerprint density at radius 3 is 2.25 bits per heavy atom. The van der Waals surface area contributed by atoms with Crippen LogP contribution in [-0.2, 0) is 0 Å². The Bertz CT molecular complexity index is 709. The standard InChI is InChI=1S/C16H17N3O/c1-10-9-11(2)17-15-14(10)16(20)19(4)13-8-6-5-7-12(13)18(15)3/h5-9H,1-4H3. The molecule has 0 atom stereocenters. The minimum atomic E-state index is -0.0122. The lowest BCUT2D eigenvalue weighted by Gasteiger charge is -2.21. The molecule has 0 aliphatic carbocycles. The van der Waals surface area contributed by atoms with Gasteiger partial charge in [-0.25, -0.2) is 4.98 Å². The van der Waals surface area contributed by atoms with Crippen LogP contribution in [0, 0.1) is 13.8 Å². The monoisotopic (exact) mass is 267 g/mol. The fourth-order valence-electron chi connectivity index (χ4n) is 2.75. The first-order valence-electron chi connectivity index (χ1n) is 6.59. The second kappa shape index (κ2) is 4.34. The van der Waals surface area contributed by atoms with Crippen molar-refractivity contribution in [2.24, 2.45) is 0 Å². The first-order valence-corrected chi connectivity index (χ1v) is 6.59. The molecule has 1 aromatic heterocycles. The molecule has 0 unspecified atom stereocenters. The Morgan fingerprint density at radius 2 is 1.60 bits per heavy atom. The molecule has 1 amide bonds. The number of para-hydroxylation sites is 2. The lowest BCUT2D eigenvalue weighted by Crippen LogP contribution is -2.26. The Hall–Kier alpha value is -2.36. The van der Waals surface area contributed by atoms with Crippen molar-refractivity contribution in [2.75, 3.05) is 23.9 Å². The van der Waals surface area contributed by atoms with Crippen LogP contribution in [-0.4, -0.2) is 25.0 Å². The summed E-state index contributed by atoms with van der Waals surface area (Å²) in [5.74, 6) is 0.714. The number of rotatable bonds is 0. The first kappa shape index (κ1) is 12.7. The molecule has 4 nitrogen and oxygen atoms in total. The molecule has 0 fully saturated rings. The van der Waals surface area contributed by atoms with Crippen LogP contribution >= 0.6 is 0 Å². The summed E-state index contributed by atoms with van der Waals surface area (Å²) in [7, 11) is 3.76. The summed E-state index contributed by atoms with van der Waals surface area (Å²) in [5.41, 5.74) is 4.44. The zero-order chi connectivity index (χ0) is 14.4. The van der Waals surface area contributed by atoms with E-state index in [1.165, 1.54) is 0 Å². The number of hydrogen-bond acceptors (Lipinski definition) is 3. The molecule has 0 saturated carbocycles. The molecule has 20 heavy (non-hydrogen) atoms. The highest BCUT2D eigenvalue weighted by Gasteiger charge is 2.29. The van der Waals surface area contributed by atoms with E-state index in [2.05, 4.69) is 4.98 Å². The number of fused-ring (bicyclic) bond motifs is 2. The van der Waals surface area contributed by atoms with E-state index in [1.54, 1.807) is 4.90 Å². The lowest BCUT2D eigenvalue weighted by molar-refractivity contribution is 0.0993. The number of pyridine rings is 1. The lowest BCUT2D eigenvalue weighted by atomic mass is 10.1. The highest BCUT2D eigenvalue weighted by Crippen LogP contribution is 2.38. The summed E-state index contributed by atoms with van der Waals surface area (Å²) in [6, 6.07) is 9.83. The largest absolute Gasteiger partial charge is 0.327 e. The molecule has 102 valence electrons. The van der Waals surface area contributed by atoms with Crippen molar-refractivity contribution in [3.05, 3.63) is 47.2 Å². The summed E-state index contributed by atoms with van der Waals surface area (Å²) in [4.78, 5) is 21.0. The van der Waals surface area contributed by atoms with Gasteiger partial charge in [0.2, 0.25) is 0 Å². The second-order valence-electron chi connectivity index (χ2n) is 5.19. The predicted octanol–water partition coefficient (Wildman–Crippen LogP) is 3.06. The van der Waals surface area contributed by atoms with E-state index >= 15 is 0 Å². The van der Waals surface area contributed by atoms with Crippen LogP contribution in [0.15, 0.2) is 30.3 Å². The molecule has 3 rings (SSSR count). The van der Waals surface area contributed by atoms with Crippen molar-refractivity contribution in [3.8, 4) is 0 Å². The SMILES string of the molecule is Cc1cc(C)c2c(n1)N(C)c1ccccc1N(C)C2=O. The van der Waals surface area contributed by atoms with Crippen LogP contribution < -0.4 is 9.80 Å². The molecule has 0 spiro atoms. The number of nitrogens with zero attached hydrogens (tertiary/aromatic N) is 3. The van der Waals surface area contributed by atoms with Gasteiger partial charge in [-0.05, 0) is 37.6 Å². The van der Waals surface area contributed by atoms with Crippen LogP contribution in [0.2, 0.25) is 0 Å². The Kier molecular flexibility index (Phi) is 2.74. The molecule has 0 N–H and O–H groups in total. The molecule has 0 radical (unpaired) electrons. The number of benzene rings is 1. The van der Waals surface area contributed by atoms with Crippen LogP contribution in [0.25, 0.3) is 0 Å². The van der Waals surface area contributed by atoms with Crippen LogP contribution in [0.5, 0.6) is 0 Å². The highest BCUT2D eigenvalue weighted by molar-refractivity contribution is 6.13. The van der Waals surface area contributed by atoms with E-state index in [0.29, 0.717) is 5.56 Å². The smallest absolute Gasteiger partial charge is 0.262 e. The topological polar surface area (TPSA) is 36.4 Å². The molecule has 2 heterocycles. The average Bonchev–Trinajstić information content (AvgIpc) is 2.50. The summed E-state index contributed by atoms with van der Waals surface area (Å²) in [6.07, 6.45) is 0. The zero-order valence-corrected chi connectivity index (χ0v) is 12.1. The fourth-order valence-corrected chi connectivity index (χ4v) is 2.75. The molecular weight excluding hydrogens is 250 g/mol. The average molecular weight is 267 g/mol. The van der Waals surface area contributed by atoms with Crippen molar-refractivity contribution in [1.82, 2.24) is 4.98 Å². The summed E-state index contributed by atoms with van der Waals surface area (Å²) >= 11 is 0. The van der Waals surface area contributed by atoms with Crippen LogP contribution in [0.1, 0.15) is 21.6 Å². The second-order valence-corrected chi connectivity index (χ2v) is 5.19. The van der Waals surface area contributed by atoms with Crippen LogP contribution in [0.3, 0.4) is 0 Å². The van der Waals surface area contributed by atoms with E-state index in [9.17, 15) is 4.79 Å². The van der Waals surface area contributed by atoms with Gasteiger partial charge in [0.1, 0.15) is 5.82 Å². The number of amides is 1. The Morgan fingerprint density at radius 1 is 1.00 bits per heavy atom. The van der Waals surface area contributed by atoms with Crippen LogP contribution in [0.4, 0.5) is 17.2 Å². The van der Waals surface area contributed by atoms with E-state index in [4.69, 9.17) is 0 Å². The highest BCUT2D eigenvalue weighted by atomic mass is 16.2. The van der Waals surface area contributed by atoms with Gasteiger partial charge >= 0.3 is 0 Å². The molecule has 1 aliphatic heterocycles. The molecule has 1 aliphatic rings. The molecule has 4 heteroatoms. The third-order valence-electron chi connectivity index (χ3n) is 3.77. The van der Waals surface area contributed by atoms with E-state index < -0.39 is 0 Å². The van der Waals surface area contributed by atoms with Gasteiger partial charge in [-0.3, -0.25) is 4.79 Å². The molecule has 0 bridgehead atoms. The number of carbonyl (C=O) groups excluding carboxylic acids is 1. The Balaban J connectivity index is 2.35. The summed E-state index contributed by atoms with van der Waals surface area (Å²) in [6.45, 7) is 3.91. The molecule has 0 saturated heterocycles. The maximum absolute atomic E-state index is 12.7. The van der Waals surface area contributed by atoms with Gasteiger partial charge in [-0.1, -0.05) is 12.1 Å². The quantitative estimate of drug-likeness (QED) is 0.736. The molecular formula is C16H17N3O. The third-order valence-corrected chi connectivity index (χ3v) is 3.77. The molecule has 2 aromatic rings. The van der Waals surface area contributed by atoms with Gasteiger partial charge in [-0.15, -0.1) is 0 Å². The maximum atomic E-state index is 12.7. The number of hydrogen-bond donors (Lipinski definition) is 0. The van der Waals surface area contributed by atoms with E-state index in [0.717, 1.165) is 28.5 Å². The minimum Gasteiger partial charge on any atom is -0.327 e. The van der Waals surface area contributed by atoms with Crippen molar-refractivity contribution in [1.29, 1.82) is 0 Å². The van der Waals surface area contributed by atoms with Gasteiger partial charge in [0.05, 0.1) is 16.9 Å². The normalized spacial score (nSPS) is 13.9. The van der Waals surface area contributed by atoms with Crippen molar-refractivity contribution in [3.63, 3.8) is 0 Å². The number of aryl methyl sites for hydroxylation is 2. The van der Waals surface area contributed by atoms with E-state index in [1.807, 2.05) is 63.2 Å². The van der Waals surface area contributed by atoms with Crippen molar-refractivity contribution < 1.29 is 4.79 Å². The van der Waals surface area contributed by atoms with E-state index in [-0.39, 0.29) is 5.91 Å².